The number of hydrogen-bond donors (Lipinski definition) is 2. The summed E-state index contributed by atoms with van der Waals surface area (Å²) in [6, 6.07) is 3.51. The number of hydrogen-bond acceptors (Lipinski definition) is 4. The SMILES string of the molecule is COCC(CCO)NC(=O)CCc1ccco1. The van der Waals surface area contributed by atoms with Gasteiger partial charge in [0.2, 0.25) is 5.91 Å². The van der Waals surface area contributed by atoms with Crippen LogP contribution in [0.3, 0.4) is 0 Å². The van der Waals surface area contributed by atoms with Crippen molar-refractivity contribution < 1.29 is 19.1 Å². The minimum absolute atomic E-state index is 0.0342. The molecule has 0 saturated carbocycles. The maximum absolute atomic E-state index is 11.6. The Morgan fingerprint density at radius 1 is 1.65 bits per heavy atom. The fourth-order valence-electron chi connectivity index (χ4n) is 1.55. The number of methoxy groups -OCH3 is 1. The lowest BCUT2D eigenvalue weighted by molar-refractivity contribution is -0.122. The van der Waals surface area contributed by atoms with Gasteiger partial charge in [0.15, 0.2) is 0 Å². The van der Waals surface area contributed by atoms with E-state index in [0.717, 1.165) is 5.76 Å². The van der Waals surface area contributed by atoms with Crippen molar-refractivity contribution in [1.29, 1.82) is 0 Å². The van der Waals surface area contributed by atoms with Gasteiger partial charge >= 0.3 is 0 Å². The Labute approximate surface area is 101 Å². The Morgan fingerprint density at radius 2 is 2.47 bits per heavy atom. The van der Waals surface area contributed by atoms with Crippen molar-refractivity contribution in [2.45, 2.75) is 25.3 Å². The van der Waals surface area contributed by atoms with E-state index in [9.17, 15) is 4.79 Å². The van der Waals surface area contributed by atoms with Crippen molar-refractivity contribution in [3.8, 4) is 0 Å². The number of ether oxygens (including phenoxy) is 1. The molecule has 1 rings (SSSR count). The zero-order chi connectivity index (χ0) is 12.5. The Bertz CT molecular complexity index is 304. The van der Waals surface area contributed by atoms with Crippen LogP contribution in [0.5, 0.6) is 0 Å². The highest BCUT2D eigenvalue weighted by atomic mass is 16.5. The summed E-state index contributed by atoms with van der Waals surface area (Å²) >= 11 is 0. The maximum atomic E-state index is 11.6. The summed E-state index contributed by atoms with van der Waals surface area (Å²) in [4.78, 5) is 11.6. The van der Waals surface area contributed by atoms with Crippen LogP contribution in [0.4, 0.5) is 0 Å². The molecule has 96 valence electrons. The number of aryl methyl sites for hydroxylation is 1. The first-order valence-electron chi connectivity index (χ1n) is 5.67. The number of rotatable bonds is 8. The fourth-order valence-corrected chi connectivity index (χ4v) is 1.55. The Balaban J connectivity index is 2.26. The van der Waals surface area contributed by atoms with Gasteiger partial charge in [0.05, 0.1) is 18.9 Å². The molecule has 5 heteroatoms. The number of amides is 1. The summed E-state index contributed by atoms with van der Waals surface area (Å²) in [5.74, 6) is 0.738. The van der Waals surface area contributed by atoms with Crippen LogP contribution in [0, 0.1) is 0 Å². The topological polar surface area (TPSA) is 71.7 Å². The minimum Gasteiger partial charge on any atom is -0.469 e. The lowest BCUT2D eigenvalue weighted by atomic mass is 10.2. The molecule has 0 aliphatic rings. The smallest absolute Gasteiger partial charge is 0.220 e. The average molecular weight is 241 g/mol. The molecule has 17 heavy (non-hydrogen) atoms. The molecular weight excluding hydrogens is 222 g/mol. The van der Waals surface area contributed by atoms with Gasteiger partial charge in [0.1, 0.15) is 5.76 Å². The standard InChI is InChI=1S/C12H19NO4/c1-16-9-10(6-7-14)13-12(15)5-4-11-3-2-8-17-11/h2-3,8,10,14H,4-7,9H2,1H3,(H,13,15). The van der Waals surface area contributed by atoms with Crippen LogP contribution in [0.2, 0.25) is 0 Å². The Hall–Kier alpha value is -1.33. The van der Waals surface area contributed by atoms with E-state index in [1.807, 2.05) is 6.07 Å². The largest absolute Gasteiger partial charge is 0.469 e. The average Bonchev–Trinajstić information content (AvgIpc) is 2.80. The van der Waals surface area contributed by atoms with E-state index in [2.05, 4.69) is 5.32 Å². The molecule has 1 unspecified atom stereocenters. The molecule has 0 saturated heterocycles. The summed E-state index contributed by atoms with van der Waals surface area (Å²) in [6.45, 7) is 0.444. The van der Waals surface area contributed by atoms with Gasteiger partial charge in [-0.3, -0.25) is 4.79 Å². The first-order valence-corrected chi connectivity index (χ1v) is 5.67. The molecule has 1 aromatic rings. The lowest BCUT2D eigenvalue weighted by Gasteiger charge is -2.16. The van der Waals surface area contributed by atoms with Crippen LogP contribution in [0.1, 0.15) is 18.6 Å². The molecule has 2 N–H and O–H groups in total. The van der Waals surface area contributed by atoms with Crippen molar-refractivity contribution in [3.05, 3.63) is 24.2 Å². The molecule has 0 aliphatic carbocycles. The summed E-state index contributed by atoms with van der Waals surface area (Å²) in [5.41, 5.74) is 0. The third-order valence-electron chi connectivity index (χ3n) is 2.39. The van der Waals surface area contributed by atoms with Gasteiger partial charge in [-0.25, -0.2) is 0 Å². The number of carbonyl (C=O) groups is 1. The van der Waals surface area contributed by atoms with Gasteiger partial charge in [-0.15, -0.1) is 0 Å². The van der Waals surface area contributed by atoms with Gasteiger partial charge in [-0.2, -0.15) is 0 Å². The number of furan rings is 1. The van der Waals surface area contributed by atoms with E-state index in [-0.39, 0.29) is 18.6 Å². The van der Waals surface area contributed by atoms with Gasteiger partial charge < -0.3 is 19.6 Å². The molecule has 0 fully saturated rings. The Morgan fingerprint density at radius 3 is 3.06 bits per heavy atom. The van der Waals surface area contributed by atoms with Crippen LogP contribution in [0.15, 0.2) is 22.8 Å². The normalized spacial score (nSPS) is 12.4. The molecule has 0 aliphatic heterocycles. The van der Waals surface area contributed by atoms with Crippen LogP contribution >= 0.6 is 0 Å². The molecule has 5 nitrogen and oxygen atoms in total. The number of nitrogens with one attached hydrogen (secondary N) is 1. The Kier molecular flexibility index (Phi) is 6.35. The highest BCUT2D eigenvalue weighted by Crippen LogP contribution is 2.03. The lowest BCUT2D eigenvalue weighted by Crippen LogP contribution is -2.38. The summed E-state index contributed by atoms with van der Waals surface area (Å²) in [7, 11) is 1.57. The number of aliphatic hydroxyl groups is 1. The van der Waals surface area contributed by atoms with E-state index in [0.29, 0.717) is 25.9 Å². The minimum atomic E-state index is -0.130. The van der Waals surface area contributed by atoms with Crippen molar-refractivity contribution in [2.75, 3.05) is 20.3 Å². The second-order valence-electron chi connectivity index (χ2n) is 3.81. The van der Waals surface area contributed by atoms with Gasteiger partial charge in [-0.1, -0.05) is 0 Å². The molecule has 0 bridgehead atoms. The zero-order valence-corrected chi connectivity index (χ0v) is 10.0. The van der Waals surface area contributed by atoms with Crippen molar-refractivity contribution in [1.82, 2.24) is 5.32 Å². The molecule has 1 amide bonds. The van der Waals surface area contributed by atoms with Gasteiger partial charge in [-0.05, 0) is 18.6 Å². The van der Waals surface area contributed by atoms with Crippen LogP contribution < -0.4 is 5.32 Å². The quantitative estimate of drug-likeness (QED) is 0.703. The molecule has 1 aromatic heterocycles. The second kappa shape index (κ2) is 7.86. The van der Waals surface area contributed by atoms with Crippen LogP contribution in [-0.4, -0.2) is 37.4 Å². The summed E-state index contributed by atoms with van der Waals surface area (Å²) < 4.78 is 10.1. The highest BCUT2D eigenvalue weighted by molar-refractivity contribution is 5.76. The molecule has 0 spiro atoms. The maximum Gasteiger partial charge on any atom is 0.220 e. The predicted octanol–water partition coefficient (Wildman–Crippen LogP) is 0.726. The van der Waals surface area contributed by atoms with E-state index >= 15 is 0 Å². The number of carbonyl (C=O) groups excluding carboxylic acids is 1. The second-order valence-corrected chi connectivity index (χ2v) is 3.81. The molecule has 1 atom stereocenters. The summed E-state index contributed by atoms with van der Waals surface area (Å²) in [5, 5.41) is 11.7. The monoisotopic (exact) mass is 241 g/mol. The third kappa shape index (κ3) is 5.51. The van der Waals surface area contributed by atoms with Crippen molar-refractivity contribution >= 4 is 5.91 Å². The van der Waals surface area contributed by atoms with Crippen molar-refractivity contribution in [2.24, 2.45) is 0 Å². The first-order chi connectivity index (χ1) is 8.26. The van der Waals surface area contributed by atoms with Crippen LogP contribution in [0.25, 0.3) is 0 Å². The van der Waals surface area contributed by atoms with Crippen LogP contribution in [-0.2, 0) is 16.0 Å². The van der Waals surface area contributed by atoms with Crippen molar-refractivity contribution in [3.63, 3.8) is 0 Å². The fraction of sp³-hybridized carbons (Fsp3) is 0.583. The number of aliphatic hydroxyl groups excluding tert-OH is 1. The molecular formula is C12H19NO4. The first kappa shape index (κ1) is 13.7. The van der Waals surface area contributed by atoms with E-state index in [1.54, 1.807) is 19.4 Å². The predicted molar refractivity (Wildman–Crippen MR) is 62.5 cm³/mol. The van der Waals surface area contributed by atoms with E-state index in [4.69, 9.17) is 14.3 Å². The molecule has 0 radical (unpaired) electrons. The zero-order valence-electron chi connectivity index (χ0n) is 10.0. The van der Waals surface area contributed by atoms with E-state index < -0.39 is 0 Å². The molecule has 1 heterocycles. The van der Waals surface area contributed by atoms with Gasteiger partial charge in [0, 0.05) is 26.6 Å². The highest BCUT2D eigenvalue weighted by Gasteiger charge is 2.11. The summed E-state index contributed by atoms with van der Waals surface area (Å²) in [6.07, 6.45) is 3.05. The third-order valence-corrected chi connectivity index (χ3v) is 2.39. The van der Waals surface area contributed by atoms with E-state index in [1.165, 1.54) is 0 Å². The molecule has 0 aromatic carbocycles. The van der Waals surface area contributed by atoms with Gasteiger partial charge in [0.25, 0.3) is 0 Å².